The van der Waals surface area contributed by atoms with E-state index < -0.39 is 12.6 Å². The Kier molecular flexibility index (Phi) is 3.19. The van der Waals surface area contributed by atoms with Gasteiger partial charge in [-0.05, 0) is 29.9 Å². The van der Waals surface area contributed by atoms with E-state index in [1.165, 1.54) is 18.4 Å². The third-order valence-electron chi connectivity index (χ3n) is 2.47. The first-order valence-corrected chi connectivity index (χ1v) is 5.23. The smallest absolute Gasteiger partial charge is 0.344 e. The maximum atomic E-state index is 10.2. The second kappa shape index (κ2) is 4.79. The van der Waals surface area contributed by atoms with E-state index in [0.29, 0.717) is 5.92 Å². The lowest BCUT2D eigenvalue weighted by molar-refractivity contribution is -0.142. The van der Waals surface area contributed by atoms with Crippen molar-refractivity contribution in [3.63, 3.8) is 0 Å². The lowest BCUT2D eigenvalue weighted by Gasteiger charge is -2.02. The van der Waals surface area contributed by atoms with E-state index in [1.807, 2.05) is 18.2 Å². The molecule has 0 spiro atoms. The van der Waals surface area contributed by atoms with Crippen LogP contribution in [0.15, 0.2) is 29.4 Å². The Labute approximate surface area is 93.5 Å². The van der Waals surface area contributed by atoms with Crippen molar-refractivity contribution >= 4 is 12.2 Å². The number of aliphatic carboxylic acids is 1. The van der Waals surface area contributed by atoms with Crippen molar-refractivity contribution in [2.24, 2.45) is 5.16 Å². The van der Waals surface area contributed by atoms with E-state index in [9.17, 15) is 4.79 Å². The number of carboxylic acids is 1. The maximum Gasteiger partial charge on any atom is 0.344 e. The largest absolute Gasteiger partial charge is 0.479 e. The van der Waals surface area contributed by atoms with E-state index in [-0.39, 0.29) is 0 Å². The van der Waals surface area contributed by atoms with Crippen LogP contribution in [0.25, 0.3) is 0 Å². The van der Waals surface area contributed by atoms with Crippen LogP contribution in [0.2, 0.25) is 0 Å². The zero-order chi connectivity index (χ0) is 11.4. The third-order valence-corrected chi connectivity index (χ3v) is 2.47. The zero-order valence-electron chi connectivity index (χ0n) is 8.80. The van der Waals surface area contributed by atoms with Crippen molar-refractivity contribution in [2.45, 2.75) is 18.8 Å². The Hall–Kier alpha value is -1.84. The van der Waals surface area contributed by atoms with Crippen LogP contribution in [-0.2, 0) is 9.63 Å². The Balaban J connectivity index is 2.00. The van der Waals surface area contributed by atoms with Gasteiger partial charge in [0.15, 0.2) is 0 Å². The van der Waals surface area contributed by atoms with Crippen LogP contribution in [0.4, 0.5) is 0 Å². The minimum Gasteiger partial charge on any atom is -0.479 e. The van der Waals surface area contributed by atoms with Crippen molar-refractivity contribution < 1.29 is 14.7 Å². The summed E-state index contributed by atoms with van der Waals surface area (Å²) in [5, 5.41) is 12.0. The van der Waals surface area contributed by atoms with Crippen LogP contribution in [-0.4, -0.2) is 23.9 Å². The summed E-state index contributed by atoms with van der Waals surface area (Å²) in [5.41, 5.74) is 2.28. The van der Waals surface area contributed by atoms with Gasteiger partial charge in [0.1, 0.15) is 0 Å². The molecular weight excluding hydrogens is 206 g/mol. The van der Waals surface area contributed by atoms with Crippen molar-refractivity contribution in [1.29, 1.82) is 0 Å². The van der Waals surface area contributed by atoms with Crippen LogP contribution in [0.1, 0.15) is 29.9 Å². The molecule has 0 amide bonds. The minimum atomic E-state index is -1.02. The molecular formula is C12H13NO3. The molecule has 0 aromatic heterocycles. The Bertz CT molecular complexity index is 410. The molecule has 0 saturated heterocycles. The number of hydrogen-bond acceptors (Lipinski definition) is 3. The summed E-state index contributed by atoms with van der Waals surface area (Å²) >= 11 is 0. The van der Waals surface area contributed by atoms with Crippen LogP contribution < -0.4 is 0 Å². The predicted molar refractivity (Wildman–Crippen MR) is 59.6 cm³/mol. The van der Waals surface area contributed by atoms with Crippen LogP contribution in [0.3, 0.4) is 0 Å². The highest BCUT2D eigenvalue weighted by Gasteiger charge is 2.25. The van der Waals surface area contributed by atoms with Gasteiger partial charge in [0, 0.05) is 0 Å². The van der Waals surface area contributed by atoms with Gasteiger partial charge in [-0.15, -0.1) is 0 Å². The van der Waals surface area contributed by atoms with E-state index in [4.69, 9.17) is 5.11 Å². The average Bonchev–Trinajstić information content (AvgIpc) is 3.08. The van der Waals surface area contributed by atoms with Crippen LogP contribution in [0.5, 0.6) is 0 Å². The fraction of sp³-hybridized carbons (Fsp3) is 0.333. The molecule has 84 valence electrons. The van der Waals surface area contributed by atoms with Crippen molar-refractivity contribution in [1.82, 2.24) is 0 Å². The molecule has 16 heavy (non-hydrogen) atoms. The van der Waals surface area contributed by atoms with Gasteiger partial charge in [0.25, 0.3) is 0 Å². The summed E-state index contributed by atoms with van der Waals surface area (Å²) in [5.74, 6) is -0.380. The summed E-state index contributed by atoms with van der Waals surface area (Å²) in [6, 6.07) is 7.98. The van der Waals surface area contributed by atoms with Gasteiger partial charge in [-0.25, -0.2) is 4.79 Å². The third kappa shape index (κ3) is 2.82. The monoisotopic (exact) mass is 219 g/mol. The molecule has 4 nitrogen and oxygen atoms in total. The Morgan fingerprint density at radius 2 is 2.25 bits per heavy atom. The van der Waals surface area contributed by atoms with Crippen molar-refractivity contribution in [2.75, 3.05) is 6.61 Å². The number of nitrogens with zero attached hydrogens (tertiary/aromatic N) is 1. The van der Waals surface area contributed by atoms with Gasteiger partial charge in [0.05, 0.1) is 6.21 Å². The molecule has 1 aromatic rings. The Morgan fingerprint density at radius 3 is 2.94 bits per heavy atom. The van der Waals surface area contributed by atoms with Crippen LogP contribution in [0, 0.1) is 0 Å². The number of oxime groups is 1. The quantitative estimate of drug-likeness (QED) is 0.608. The molecule has 0 unspecified atom stereocenters. The molecule has 1 aromatic carbocycles. The number of hydrogen-bond donors (Lipinski definition) is 1. The Morgan fingerprint density at radius 1 is 1.50 bits per heavy atom. The average molecular weight is 219 g/mol. The molecule has 1 aliphatic rings. The zero-order valence-corrected chi connectivity index (χ0v) is 8.80. The molecule has 4 heteroatoms. The molecule has 0 atom stereocenters. The highest BCUT2D eigenvalue weighted by molar-refractivity contribution is 5.82. The molecule has 0 aliphatic heterocycles. The predicted octanol–water partition coefficient (Wildman–Crippen LogP) is 2.00. The fourth-order valence-electron chi connectivity index (χ4n) is 1.58. The molecule has 1 fully saturated rings. The molecule has 0 heterocycles. The summed E-state index contributed by atoms with van der Waals surface area (Å²) in [4.78, 5) is 14.8. The fourth-order valence-corrected chi connectivity index (χ4v) is 1.58. The maximum absolute atomic E-state index is 10.2. The second-order valence-electron chi connectivity index (χ2n) is 3.80. The molecule has 1 saturated carbocycles. The van der Waals surface area contributed by atoms with Gasteiger partial charge in [-0.1, -0.05) is 29.4 Å². The standard InChI is InChI=1S/C12H13NO3/c14-12(15)8-16-13-7-10-3-1-2-4-11(10)9-5-6-9/h1-4,7,9H,5-6,8H2,(H,14,15). The molecule has 0 radical (unpaired) electrons. The van der Waals surface area contributed by atoms with E-state index in [1.54, 1.807) is 6.21 Å². The molecule has 2 rings (SSSR count). The lowest BCUT2D eigenvalue weighted by atomic mass is 10.0. The number of carboxylic acid groups (broad SMARTS) is 1. The van der Waals surface area contributed by atoms with Crippen molar-refractivity contribution in [3.05, 3.63) is 35.4 Å². The number of rotatable bonds is 5. The van der Waals surface area contributed by atoms with Gasteiger partial charge in [-0.2, -0.15) is 0 Å². The van der Waals surface area contributed by atoms with Crippen molar-refractivity contribution in [3.8, 4) is 0 Å². The minimum absolute atomic E-state index is 0.401. The first-order valence-electron chi connectivity index (χ1n) is 5.23. The van der Waals surface area contributed by atoms with Gasteiger partial charge in [-0.3, -0.25) is 0 Å². The molecule has 1 N–H and O–H groups in total. The van der Waals surface area contributed by atoms with E-state index in [0.717, 1.165) is 5.56 Å². The number of carbonyl (C=O) groups is 1. The SMILES string of the molecule is O=C(O)CON=Cc1ccccc1C1CC1. The van der Waals surface area contributed by atoms with Gasteiger partial charge < -0.3 is 9.94 Å². The lowest BCUT2D eigenvalue weighted by Crippen LogP contribution is -2.03. The van der Waals surface area contributed by atoms with E-state index >= 15 is 0 Å². The van der Waals surface area contributed by atoms with Gasteiger partial charge >= 0.3 is 5.97 Å². The molecule has 1 aliphatic carbocycles. The number of benzene rings is 1. The summed E-state index contributed by atoms with van der Waals surface area (Å²) in [6.07, 6.45) is 4.03. The van der Waals surface area contributed by atoms with Crippen LogP contribution >= 0.6 is 0 Å². The summed E-state index contributed by atoms with van der Waals surface area (Å²) < 4.78 is 0. The first kappa shape index (κ1) is 10.7. The summed E-state index contributed by atoms with van der Waals surface area (Å²) in [7, 11) is 0. The topological polar surface area (TPSA) is 58.9 Å². The normalized spacial score (nSPS) is 15.2. The van der Waals surface area contributed by atoms with E-state index in [2.05, 4.69) is 16.1 Å². The summed E-state index contributed by atoms with van der Waals surface area (Å²) in [6.45, 7) is -0.401. The molecule has 0 bridgehead atoms. The van der Waals surface area contributed by atoms with Gasteiger partial charge in [0.2, 0.25) is 6.61 Å². The first-order chi connectivity index (χ1) is 7.77. The second-order valence-corrected chi connectivity index (χ2v) is 3.80. The highest BCUT2D eigenvalue weighted by atomic mass is 16.6. The highest BCUT2D eigenvalue weighted by Crippen LogP contribution is 2.41.